The first-order valence-electron chi connectivity index (χ1n) is 10.1. The molecule has 1 aliphatic rings. The first kappa shape index (κ1) is 19.1. The Morgan fingerprint density at radius 1 is 1.17 bits per heavy atom. The highest BCUT2D eigenvalue weighted by Crippen LogP contribution is 2.26. The van der Waals surface area contributed by atoms with Gasteiger partial charge in [0.15, 0.2) is 0 Å². The van der Waals surface area contributed by atoms with Crippen LogP contribution in [0.2, 0.25) is 0 Å². The average Bonchev–Trinajstić information content (AvgIpc) is 3.30. The number of rotatable bonds is 6. The van der Waals surface area contributed by atoms with Gasteiger partial charge < -0.3 is 9.80 Å². The maximum atomic E-state index is 12.9. The molecule has 7 nitrogen and oxygen atoms in total. The van der Waals surface area contributed by atoms with Crippen molar-refractivity contribution >= 4 is 11.7 Å². The lowest BCUT2D eigenvalue weighted by molar-refractivity contribution is -0.130. The maximum absolute atomic E-state index is 12.9. The molecule has 0 saturated carbocycles. The molecule has 3 aromatic rings. The normalized spacial score (nSPS) is 16.6. The second kappa shape index (κ2) is 8.86. The van der Waals surface area contributed by atoms with Crippen molar-refractivity contribution in [3.05, 3.63) is 66.9 Å². The fourth-order valence-electron chi connectivity index (χ4n) is 3.82. The Morgan fingerprint density at radius 2 is 2.03 bits per heavy atom. The van der Waals surface area contributed by atoms with E-state index in [9.17, 15) is 4.79 Å². The molecule has 1 amide bonds. The van der Waals surface area contributed by atoms with Crippen LogP contribution >= 0.6 is 0 Å². The molecule has 1 atom stereocenters. The summed E-state index contributed by atoms with van der Waals surface area (Å²) in [6, 6.07) is 12.2. The van der Waals surface area contributed by atoms with E-state index in [0.717, 1.165) is 37.2 Å². The molecular weight excluding hydrogens is 364 g/mol. The fraction of sp³-hybridized carbons (Fsp3) is 0.364. The van der Waals surface area contributed by atoms with E-state index in [2.05, 4.69) is 27.0 Å². The predicted octanol–water partition coefficient (Wildman–Crippen LogP) is 3.07. The van der Waals surface area contributed by atoms with Gasteiger partial charge in [-0.25, -0.2) is 9.97 Å². The number of piperidine rings is 1. The summed E-state index contributed by atoms with van der Waals surface area (Å²) in [7, 11) is 1.88. The zero-order valence-electron chi connectivity index (χ0n) is 16.7. The SMILES string of the molecule is CN(Cc1ccccc1)C(=O)CC1CCCCN1c1ccnc(-n2ccnc2)n1. The van der Waals surface area contributed by atoms with E-state index < -0.39 is 0 Å². The van der Waals surface area contributed by atoms with Gasteiger partial charge in [0.1, 0.15) is 12.1 Å². The summed E-state index contributed by atoms with van der Waals surface area (Å²) in [5.41, 5.74) is 1.14. The van der Waals surface area contributed by atoms with E-state index in [0.29, 0.717) is 18.9 Å². The third-order valence-corrected chi connectivity index (χ3v) is 5.38. The van der Waals surface area contributed by atoms with Crippen molar-refractivity contribution in [1.82, 2.24) is 24.4 Å². The summed E-state index contributed by atoms with van der Waals surface area (Å²) < 4.78 is 1.79. The number of amides is 1. The number of anilines is 1. The van der Waals surface area contributed by atoms with Gasteiger partial charge in [-0.05, 0) is 30.9 Å². The quantitative estimate of drug-likeness (QED) is 0.647. The molecule has 4 rings (SSSR count). The molecule has 0 bridgehead atoms. The van der Waals surface area contributed by atoms with Gasteiger partial charge in [0.2, 0.25) is 11.9 Å². The van der Waals surface area contributed by atoms with Gasteiger partial charge in [-0.15, -0.1) is 0 Å². The standard InChI is InChI=1S/C22H26N6O/c1-26(16-18-7-3-2-4-8-18)21(29)15-19-9-5-6-13-28(19)20-10-11-24-22(25-20)27-14-12-23-17-27/h2-4,7-8,10-12,14,17,19H,5-6,9,13,15-16H2,1H3. The van der Waals surface area contributed by atoms with E-state index in [-0.39, 0.29) is 11.9 Å². The summed E-state index contributed by atoms with van der Waals surface area (Å²) in [5.74, 6) is 1.62. The van der Waals surface area contributed by atoms with Gasteiger partial charge in [0, 0.05) is 51.2 Å². The van der Waals surface area contributed by atoms with Crippen molar-refractivity contribution in [2.45, 2.75) is 38.3 Å². The lowest BCUT2D eigenvalue weighted by Gasteiger charge is -2.37. The van der Waals surface area contributed by atoms with Gasteiger partial charge in [0.05, 0.1) is 0 Å². The minimum Gasteiger partial charge on any atom is -0.353 e. The smallest absolute Gasteiger partial charge is 0.236 e. The molecule has 3 heterocycles. The first-order chi connectivity index (χ1) is 14.2. The van der Waals surface area contributed by atoms with Gasteiger partial charge in [-0.2, -0.15) is 4.98 Å². The lowest BCUT2D eigenvalue weighted by Crippen LogP contribution is -2.43. The van der Waals surface area contributed by atoms with Crippen molar-refractivity contribution in [3.8, 4) is 5.95 Å². The highest BCUT2D eigenvalue weighted by Gasteiger charge is 2.27. The number of nitrogens with zero attached hydrogens (tertiary/aromatic N) is 6. The molecule has 1 unspecified atom stereocenters. The van der Waals surface area contributed by atoms with Crippen molar-refractivity contribution < 1.29 is 4.79 Å². The number of hydrogen-bond acceptors (Lipinski definition) is 5. The monoisotopic (exact) mass is 390 g/mol. The molecule has 0 spiro atoms. The van der Waals surface area contributed by atoms with Crippen LogP contribution in [0, 0.1) is 0 Å². The molecule has 29 heavy (non-hydrogen) atoms. The van der Waals surface area contributed by atoms with Gasteiger partial charge in [-0.3, -0.25) is 9.36 Å². The van der Waals surface area contributed by atoms with Gasteiger partial charge in [-0.1, -0.05) is 30.3 Å². The summed E-state index contributed by atoms with van der Waals surface area (Å²) in [6.07, 6.45) is 10.7. The van der Waals surface area contributed by atoms with E-state index in [4.69, 9.17) is 4.98 Å². The van der Waals surface area contributed by atoms with Crippen LogP contribution in [0.3, 0.4) is 0 Å². The number of carbonyl (C=O) groups excluding carboxylic acids is 1. The second-order valence-electron chi connectivity index (χ2n) is 7.47. The Labute approximate surface area is 171 Å². The Hall–Kier alpha value is -3.22. The van der Waals surface area contributed by atoms with Gasteiger partial charge in [0.25, 0.3) is 0 Å². The maximum Gasteiger partial charge on any atom is 0.236 e. The topological polar surface area (TPSA) is 67.2 Å². The number of hydrogen-bond donors (Lipinski definition) is 0. The van der Waals surface area contributed by atoms with Crippen molar-refractivity contribution in [3.63, 3.8) is 0 Å². The molecule has 0 N–H and O–H groups in total. The largest absolute Gasteiger partial charge is 0.353 e. The van der Waals surface area contributed by atoms with E-state index in [1.54, 1.807) is 23.3 Å². The van der Waals surface area contributed by atoms with E-state index in [1.807, 2.05) is 42.4 Å². The third kappa shape index (κ3) is 4.62. The number of aromatic nitrogens is 4. The van der Waals surface area contributed by atoms with Crippen LogP contribution < -0.4 is 4.90 Å². The fourth-order valence-corrected chi connectivity index (χ4v) is 3.82. The number of benzene rings is 1. The molecule has 150 valence electrons. The molecule has 0 radical (unpaired) electrons. The molecule has 0 aliphatic carbocycles. The van der Waals surface area contributed by atoms with E-state index in [1.165, 1.54) is 0 Å². The average molecular weight is 390 g/mol. The lowest BCUT2D eigenvalue weighted by atomic mass is 9.98. The number of imidazole rings is 1. The summed E-state index contributed by atoms with van der Waals surface area (Å²) in [5, 5.41) is 0. The first-order valence-corrected chi connectivity index (χ1v) is 10.1. The van der Waals surface area contributed by atoms with Crippen LogP contribution in [0.4, 0.5) is 5.82 Å². The highest BCUT2D eigenvalue weighted by atomic mass is 16.2. The molecule has 1 fully saturated rings. The summed E-state index contributed by atoms with van der Waals surface area (Å²) >= 11 is 0. The molecule has 1 aromatic carbocycles. The van der Waals surface area contributed by atoms with Crippen LogP contribution in [0.25, 0.3) is 5.95 Å². The molecular formula is C22H26N6O. The number of carbonyl (C=O) groups is 1. The molecule has 2 aromatic heterocycles. The molecule has 7 heteroatoms. The van der Waals surface area contributed by atoms with Crippen LogP contribution in [0.1, 0.15) is 31.2 Å². The highest BCUT2D eigenvalue weighted by molar-refractivity contribution is 5.77. The predicted molar refractivity (Wildman–Crippen MR) is 112 cm³/mol. The van der Waals surface area contributed by atoms with Crippen LogP contribution in [-0.2, 0) is 11.3 Å². The molecule has 1 aliphatic heterocycles. The van der Waals surface area contributed by atoms with Crippen molar-refractivity contribution in [2.24, 2.45) is 0 Å². The third-order valence-electron chi connectivity index (χ3n) is 5.38. The van der Waals surface area contributed by atoms with E-state index >= 15 is 0 Å². The zero-order chi connectivity index (χ0) is 20.1. The molecule has 1 saturated heterocycles. The van der Waals surface area contributed by atoms with Crippen molar-refractivity contribution in [1.29, 1.82) is 0 Å². The van der Waals surface area contributed by atoms with Crippen LogP contribution in [-0.4, -0.2) is 50.0 Å². The van der Waals surface area contributed by atoms with Crippen molar-refractivity contribution in [2.75, 3.05) is 18.5 Å². The zero-order valence-corrected chi connectivity index (χ0v) is 16.7. The summed E-state index contributed by atoms with van der Waals surface area (Å²) in [6.45, 7) is 1.53. The Kier molecular flexibility index (Phi) is 5.84. The second-order valence-corrected chi connectivity index (χ2v) is 7.47. The Bertz CT molecular complexity index is 927. The van der Waals surface area contributed by atoms with Crippen LogP contribution in [0.5, 0.6) is 0 Å². The Balaban J connectivity index is 1.46. The minimum atomic E-state index is 0.153. The van der Waals surface area contributed by atoms with Crippen LogP contribution in [0.15, 0.2) is 61.3 Å². The summed E-state index contributed by atoms with van der Waals surface area (Å²) in [4.78, 5) is 30.1. The van der Waals surface area contributed by atoms with Gasteiger partial charge >= 0.3 is 0 Å². The Morgan fingerprint density at radius 3 is 2.83 bits per heavy atom. The minimum absolute atomic E-state index is 0.153.